The number of nitrogens with zero attached hydrogens (tertiary/aromatic N) is 1. The molecule has 1 aromatic rings. The molecule has 6 nitrogen and oxygen atoms in total. The zero-order valence-electron chi connectivity index (χ0n) is 11.7. The second-order valence-corrected chi connectivity index (χ2v) is 5.82. The fourth-order valence-corrected chi connectivity index (χ4v) is 3.17. The first-order chi connectivity index (χ1) is 9.69. The van der Waals surface area contributed by atoms with Crippen molar-refractivity contribution in [3.8, 4) is 5.19 Å². The molecule has 1 unspecified atom stereocenters. The van der Waals surface area contributed by atoms with Crippen molar-refractivity contribution in [3.05, 3.63) is 10.6 Å². The number of rotatable bonds is 6. The van der Waals surface area contributed by atoms with Gasteiger partial charge < -0.3 is 20.5 Å². The maximum Gasteiger partial charge on any atom is 0.411 e. The lowest BCUT2D eigenvalue weighted by molar-refractivity contribution is 0.0295. The lowest BCUT2D eigenvalue weighted by Crippen LogP contribution is -2.39. The molecule has 2 heterocycles. The highest BCUT2D eigenvalue weighted by Crippen LogP contribution is 2.28. The van der Waals surface area contributed by atoms with Gasteiger partial charge in [0.1, 0.15) is 0 Å². The fourth-order valence-electron chi connectivity index (χ4n) is 2.15. The Morgan fingerprint density at radius 3 is 3.15 bits per heavy atom. The van der Waals surface area contributed by atoms with Crippen LogP contribution in [0.5, 0.6) is 5.19 Å². The molecule has 1 aliphatic rings. The van der Waals surface area contributed by atoms with Crippen LogP contribution in [-0.4, -0.2) is 36.9 Å². The lowest BCUT2D eigenvalue weighted by Gasteiger charge is -2.23. The molecule has 1 aliphatic heterocycles. The number of ether oxygens (including phenoxy) is 2. The van der Waals surface area contributed by atoms with Crippen molar-refractivity contribution in [1.29, 1.82) is 0 Å². The van der Waals surface area contributed by atoms with Gasteiger partial charge in [0.15, 0.2) is 0 Å². The standard InChI is InChI=1S/C13H21N3O3S/c1-2-3-4-10-11(7-9-8-15-5-6-18-9)20-13(16-10)19-12(14)17/h9,15H,2-8H2,1H3,(H2,14,17). The van der Waals surface area contributed by atoms with Crippen LogP contribution in [0.3, 0.4) is 0 Å². The van der Waals surface area contributed by atoms with Gasteiger partial charge >= 0.3 is 6.09 Å². The Labute approximate surface area is 122 Å². The van der Waals surface area contributed by atoms with Crippen LogP contribution < -0.4 is 15.8 Å². The van der Waals surface area contributed by atoms with Gasteiger partial charge in [0.05, 0.1) is 18.4 Å². The number of nitrogens with two attached hydrogens (primary N) is 1. The van der Waals surface area contributed by atoms with E-state index in [2.05, 4.69) is 17.2 Å². The van der Waals surface area contributed by atoms with E-state index in [9.17, 15) is 4.79 Å². The van der Waals surface area contributed by atoms with Gasteiger partial charge in [0.25, 0.3) is 5.19 Å². The molecule has 0 saturated carbocycles. The van der Waals surface area contributed by atoms with E-state index in [1.165, 1.54) is 11.3 Å². The van der Waals surface area contributed by atoms with Gasteiger partial charge in [-0.3, -0.25) is 0 Å². The molecule has 0 radical (unpaired) electrons. The van der Waals surface area contributed by atoms with E-state index in [1.54, 1.807) is 0 Å². The van der Waals surface area contributed by atoms with Crippen molar-refractivity contribution < 1.29 is 14.3 Å². The minimum absolute atomic E-state index is 0.158. The second-order valence-electron chi connectivity index (χ2n) is 4.78. The van der Waals surface area contributed by atoms with Gasteiger partial charge in [-0.1, -0.05) is 24.7 Å². The Balaban J connectivity index is 2.06. The summed E-state index contributed by atoms with van der Waals surface area (Å²) in [6, 6.07) is 0. The maximum absolute atomic E-state index is 10.8. The second kappa shape index (κ2) is 7.56. The molecule has 2 rings (SSSR count). The molecule has 0 aliphatic carbocycles. The number of carbonyl (C=O) groups is 1. The molecule has 1 fully saturated rings. The summed E-state index contributed by atoms with van der Waals surface area (Å²) in [4.78, 5) is 16.3. The number of unbranched alkanes of at least 4 members (excludes halogenated alkanes) is 1. The zero-order chi connectivity index (χ0) is 14.4. The number of aromatic nitrogens is 1. The summed E-state index contributed by atoms with van der Waals surface area (Å²) in [6.45, 7) is 4.62. The molecule has 0 spiro atoms. The number of morpholine rings is 1. The summed E-state index contributed by atoms with van der Waals surface area (Å²) in [5.74, 6) is 0. The quantitative estimate of drug-likeness (QED) is 0.831. The number of nitrogens with one attached hydrogen (secondary N) is 1. The average molecular weight is 299 g/mol. The van der Waals surface area contributed by atoms with Crippen LogP contribution in [0.2, 0.25) is 0 Å². The van der Waals surface area contributed by atoms with Gasteiger partial charge in [-0.15, -0.1) is 0 Å². The summed E-state index contributed by atoms with van der Waals surface area (Å²) in [5, 5.41) is 3.65. The van der Waals surface area contributed by atoms with Crippen LogP contribution in [0, 0.1) is 0 Å². The number of primary amides is 1. The van der Waals surface area contributed by atoms with Crippen LogP contribution in [0.4, 0.5) is 4.79 Å². The highest BCUT2D eigenvalue weighted by molar-refractivity contribution is 7.13. The summed E-state index contributed by atoms with van der Waals surface area (Å²) < 4.78 is 10.6. The fraction of sp³-hybridized carbons (Fsp3) is 0.692. The molecule has 1 saturated heterocycles. The summed E-state index contributed by atoms with van der Waals surface area (Å²) in [6.07, 6.45) is 3.20. The van der Waals surface area contributed by atoms with E-state index >= 15 is 0 Å². The summed E-state index contributed by atoms with van der Waals surface area (Å²) in [5.41, 5.74) is 6.04. The van der Waals surface area contributed by atoms with Crippen LogP contribution in [0.15, 0.2) is 0 Å². The highest BCUT2D eigenvalue weighted by atomic mass is 32.1. The molecule has 1 aromatic heterocycles. The molecule has 1 atom stereocenters. The van der Waals surface area contributed by atoms with Crippen LogP contribution >= 0.6 is 11.3 Å². The van der Waals surface area contributed by atoms with Crippen molar-refractivity contribution in [2.75, 3.05) is 19.7 Å². The Morgan fingerprint density at radius 2 is 2.50 bits per heavy atom. The number of aryl methyl sites for hydroxylation is 1. The average Bonchev–Trinajstić information content (AvgIpc) is 2.78. The Morgan fingerprint density at radius 1 is 1.65 bits per heavy atom. The van der Waals surface area contributed by atoms with E-state index in [0.29, 0.717) is 5.19 Å². The number of hydrogen-bond acceptors (Lipinski definition) is 6. The van der Waals surface area contributed by atoms with Crippen LogP contribution in [0.1, 0.15) is 30.3 Å². The van der Waals surface area contributed by atoms with E-state index < -0.39 is 6.09 Å². The molecular weight excluding hydrogens is 278 g/mol. The minimum Gasteiger partial charge on any atom is -0.381 e. The SMILES string of the molecule is CCCCc1nc(OC(N)=O)sc1CC1CNCCO1. The van der Waals surface area contributed by atoms with Crippen molar-refractivity contribution in [2.24, 2.45) is 5.73 Å². The molecule has 0 aromatic carbocycles. The molecule has 3 N–H and O–H groups in total. The van der Waals surface area contributed by atoms with Crippen molar-refractivity contribution >= 4 is 17.4 Å². The van der Waals surface area contributed by atoms with Gasteiger partial charge in [0.2, 0.25) is 0 Å². The largest absolute Gasteiger partial charge is 0.411 e. The zero-order valence-corrected chi connectivity index (χ0v) is 12.5. The third-order valence-electron chi connectivity index (χ3n) is 3.13. The maximum atomic E-state index is 10.8. The van der Waals surface area contributed by atoms with Crippen molar-refractivity contribution in [1.82, 2.24) is 10.3 Å². The number of carbonyl (C=O) groups excluding carboxylic acids is 1. The first-order valence-corrected chi connectivity index (χ1v) is 7.79. The monoisotopic (exact) mass is 299 g/mol. The Bertz CT molecular complexity index is 444. The third kappa shape index (κ3) is 4.43. The predicted octanol–water partition coefficient (Wildman–Crippen LogP) is 1.47. The number of thiazole rings is 1. The number of hydrogen-bond donors (Lipinski definition) is 2. The van der Waals surface area contributed by atoms with Crippen LogP contribution in [0.25, 0.3) is 0 Å². The van der Waals surface area contributed by atoms with E-state index in [0.717, 1.165) is 56.0 Å². The first kappa shape index (κ1) is 15.2. The molecule has 7 heteroatoms. The predicted molar refractivity (Wildman–Crippen MR) is 77.3 cm³/mol. The van der Waals surface area contributed by atoms with E-state index in [1.807, 2.05) is 0 Å². The molecule has 20 heavy (non-hydrogen) atoms. The van der Waals surface area contributed by atoms with Crippen molar-refractivity contribution in [3.63, 3.8) is 0 Å². The Hall–Kier alpha value is -1.18. The van der Waals surface area contributed by atoms with Crippen LogP contribution in [-0.2, 0) is 17.6 Å². The van der Waals surface area contributed by atoms with Gasteiger partial charge in [-0.2, -0.15) is 0 Å². The summed E-state index contributed by atoms with van der Waals surface area (Å²) >= 11 is 1.39. The van der Waals surface area contributed by atoms with Gasteiger partial charge in [0, 0.05) is 24.4 Å². The highest BCUT2D eigenvalue weighted by Gasteiger charge is 2.20. The topological polar surface area (TPSA) is 86.5 Å². The lowest BCUT2D eigenvalue weighted by atomic mass is 10.1. The smallest absolute Gasteiger partial charge is 0.381 e. The van der Waals surface area contributed by atoms with E-state index in [4.69, 9.17) is 15.2 Å². The molecular formula is C13H21N3O3S. The Kier molecular flexibility index (Phi) is 5.75. The number of amides is 1. The molecule has 0 bridgehead atoms. The third-order valence-corrected chi connectivity index (χ3v) is 4.13. The molecule has 1 amide bonds. The normalized spacial score (nSPS) is 18.9. The van der Waals surface area contributed by atoms with E-state index in [-0.39, 0.29) is 6.10 Å². The van der Waals surface area contributed by atoms with Gasteiger partial charge in [-0.05, 0) is 12.8 Å². The molecule has 112 valence electrons. The first-order valence-electron chi connectivity index (χ1n) is 6.97. The summed E-state index contributed by atoms with van der Waals surface area (Å²) in [7, 11) is 0. The van der Waals surface area contributed by atoms with Crippen molar-refractivity contribution in [2.45, 2.75) is 38.7 Å². The van der Waals surface area contributed by atoms with Gasteiger partial charge in [-0.25, -0.2) is 9.78 Å². The minimum atomic E-state index is -0.817.